The fourth-order valence-corrected chi connectivity index (χ4v) is 4.40. The van der Waals surface area contributed by atoms with Gasteiger partial charge in [-0.3, -0.25) is 14.9 Å². The van der Waals surface area contributed by atoms with E-state index in [0.29, 0.717) is 22.0 Å². The Morgan fingerprint density at radius 3 is 2.83 bits per heavy atom. The summed E-state index contributed by atoms with van der Waals surface area (Å²) in [4.78, 5) is 29.5. The van der Waals surface area contributed by atoms with Crippen LogP contribution >= 0.6 is 22.9 Å². The van der Waals surface area contributed by atoms with Crippen LogP contribution in [0.3, 0.4) is 0 Å². The molecule has 30 heavy (non-hydrogen) atoms. The lowest BCUT2D eigenvalue weighted by Gasteiger charge is -2.08. The molecule has 2 amide bonds. The summed E-state index contributed by atoms with van der Waals surface area (Å²) in [5.41, 5.74) is 4.06. The maximum absolute atomic E-state index is 12.7. The highest BCUT2D eigenvalue weighted by atomic mass is 35.5. The lowest BCUT2D eigenvalue weighted by Crippen LogP contribution is -2.14. The van der Waals surface area contributed by atoms with Crippen molar-refractivity contribution >= 4 is 51.3 Å². The van der Waals surface area contributed by atoms with E-state index in [1.165, 1.54) is 11.3 Å². The molecule has 2 aromatic heterocycles. The monoisotopic (exact) mass is 437 g/mol. The summed E-state index contributed by atoms with van der Waals surface area (Å²) in [5, 5.41) is 12.7. The molecule has 2 aromatic carbocycles. The molecule has 5 rings (SSSR count). The smallest absolute Gasteiger partial charge is 0.258 e. The van der Waals surface area contributed by atoms with Gasteiger partial charge in [0.25, 0.3) is 11.9 Å². The minimum Gasteiger partial charge on any atom is -0.326 e. The number of nitrogens with zero attached hydrogens (tertiary/aromatic N) is 3. The van der Waals surface area contributed by atoms with Crippen LogP contribution in [0.1, 0.15) is 28.8 Å². The van der Waals surface area contributed by atoms with E-state index in [1.807, 2.05) is 35.7 Å². The molecule has 150 valence electrons. The SMILES string of the molecule is O=C1CCCc2cc(C(=O)Nc3nc4scc(-c5ccc(Cl)cc5)n4n3)ccc2N1. The second-order valence-corrected chi connectivity index (χ2v) is 8.26. The minimum absolute atomic E-state index is 0.00437. The molecule has 3 heterocycles. The van der Waals surface area contributed by atoms with E-state index in [-0.39, 0.29) is 17.8 Å². The normalized spacial score (nSPS) is 13.6. The number of hydrogen-bond donors (Lipinski definition) is 2. The first-order chi connectivity index (χ1) is 14.6. The Morgan fingerprint density at radius 1 is 1.17 bits per heavy atom. The zero-order chi connectivity index (χ0) is 20.7. The number of fused-ring (bicyclic) bond motifs is 2. The summed E-state index contributed by atoms with van der Waals surface area (Å²) < 4.78 is 1.70. The first-order valence-corrected chi connectivity index (χ1v) is 10.7. The molecular formula is C21H16ClN5O2S. The lowest BCUT2D eigenvalue weighted by atomic mass is 10.0. The van der Waals surface area contributed by atoms with E-state index in [4.69, 9.17) is 11.6 Å². The topological polar surface area (TPSA) is 88.4 Å². The number of anilines is 2. The second-order valence-electron chi connectivity index (χ2n) is 6.99. The van der Waals surface area contributed by atoms with Crippen LogP contribution in [0.15, 0.2) is 47.8 Å². The van der Waals surface area contributed by atoms with Gasteiger partial charge in [0.15, 0.2) is 0 Å². The summed E-state index contributed by atoms with van der Waals surface area (Å²) >= 11 is 7.41. The van der Waals surface area contributed by atoms with Crippen LogP contribution in [0.25, 0.3) is 16.2 Å². The number of carbonyl (C=O) groups excluding carboxylic acids is 2. The van der Waals surface area contributed by atoms with Gasteiger partial charge in [-0.2, -0.15) is 4.98 Å². The van der Waals surface area contributed by atoms with E-state index in [1.54, 1.807) is 16.6 Å². The number of amides is 2. The molecule has 0 atom stereocenters. The van der Waals surface area contributed by atoms with Crippen LogP contribution in [-0.2, 0) is 11.2 Å². The third kappa shape index (κ3) is 3.55. The number of aryl methyl sites for hydroxylation is 1. The number of rotatable bonds is 3. The van der Waals surface area contributed by atoms with E-state index in [9.17, 15) is 9.59 Å². The van der Waals surface area contributed by atoms with Gasteiger partial charge in [-0.05, 0) is 48.7 Å². The largest absolute Gasteiger partial charge is 0.326 e. The highest BCUT2D eigenvalue weighted by Crippen LogP contribution is 2.27. The molecule has 0 aliphatic carbocycles. The lowest BCUT2D eigenvalue weighted by molar-refractivity contribution is -0.116. The molecule has 7 nitrogen and oxygen atoms in total. The highest BCUT2D eigenvalue weighted by molar-refractivity contribution is 7.15. The van der Waals surface area contributed by atoms with Crippen molar-refractivity contribution in [1.82, 2.24) is 14.6 Å². The molecule has 1 aliphatic heterocycles. The number of aromatic nitrogens is 3. The summed E-state index contributed by atoms with van der Waals surface area (Å²) in [5.74, 6) is -0.0466. The zero-order valence-corrected chi connectivity index (χ0v) is 17.3. The van der Waals surface area contributed by atoms with Crippen LogP contribution in [0.5, 0.6) is 0 Å². The minimum atomic E-state index is -0.292. The molecule has 0 bridgehead atoms. The zero-order valence-electron chi connectivity index (χ0n) is 15.7. The third-order valence-electron chi connectivity index (χ3n) is 4.94. The Labute approximate surface area is 180 Å². The molecular weight excluding hydrogens is 422 g/mol. The van der Waals surface area contributed by atoms with Crippen molar-refractivity contribution in [3.63, 3.8) is 0 Å². The first kappa shape index (κ1) is 18.8. The van der Waals surface area contributed by atoms with E-state index < -0.39 is 0 Å². The van der Waals surface area contributed by atoms with Crippen molar-refractivity contribution in [3.8, 4) is 11.3 Å². The average Bonchev–Trinajstić information content (AvgIpc) is 3.23. The van der Waals surface area contributed by atoms with Crippen molar-refractivity contribution in [3.05, 3.63) is 64.0 Å². The van der Waals surface area contributed by atoms with Gasteiger partial charge in [0, 0.05) is 33.6 Å². The van der Waals surface area contributed by atoms with E-state index in [0.717, 1.165) is 35.3 Å². The third-order valence-corrected chi connectivity index (χ3v) is 6.01. The maximum atomic E-state index is 12.7. The van der Waals surface area contributed by atoms with Gasteiger partial charge in [0.2, 0.25) is 10.9 Å². The summed E-state index contributed by atoms with van der Waals surface area (Å²) in [7, 11) is 0. The molecule has 4 aromatic rings. The number of carbonyl (C=O) groups is 2. The van der Waals surface area contributed by atoms with Gasteiger partial charge in [-0.15, -0.1) is 16.4 Å². The number of benzene rings is 2. The Balaban J connectivity index is 1.39. The van der Waals surface area contributed by atoms with Gasteiger partial charge < -0.3 is 5.32 Å². The highest BCUT2D eigenvalue weighted by Gasteiger charge is 2.17. The van der Waals surface area contributed by atoms with Gasteiger partial charge >= 0.3 is 0 Å². The molecule has 0 saturated heterocycles. The predicted molar refractivity (Wildman–Crippen MR) is 117 cm³/mol. The van der Waals surface area contributed by atoms with Crippen LogP contribution in [0.2, 0.25) is 5.02 Å². The number of halogens is 1. The summed E-state index contributed by atoms with van der Waals surface area (Å²) in [6.07, 6.45) is 2.00. The van der Waals surface area contributed by atoms with E-state index >= 15 is 0 Å². The van der Waals surface area contributed by atoms with Crippen LogP contribution in [-0.4, -0.2) is 26.4 Å². The number of thiazole rings is 1. The Morgan fingerprint density at radius 2 is 2.00 bits per heavy atom. The molecule has 0 fully saturated rings. The number of hydrogen-bond acceptors (Lipinski definition) is 5. The van der Waals surface area contributed by atoms with Gasteiger partial charge in [0.05, 0.1) is 5.69 Å². The second kappa shape index (κ2) is 7.55. The van der Waals surface area contributed by atoms with Crippen LogP contribution in [0, 0.1) is 0 Å². The molecule has 0 spiro atoms. The Bertz CT molecular complexity index is 1280. The Kier molecular flexibility index (Phi) is 4.72. The van der Waals surface area contributed by atoms with Crippen molar-refractivity contribution < 1.29 is 9.59 Å². The van der Waals surface area contributed by atoms with Crippen LogP contribution in [0.4, 0.5) is 11.6 Å². The van der Waals surface area contributed by atoms with E-state index in [2.05, 4.69) is 20.7 Å². The molecule has 0 radical (unpaired) electrons. The molecule has 1 aliphatic rings. The van der Waals surface area contributed by atoms with Gasteiger partial charge in [-0.25, -0.2) is 4.52 Å². The van der Waals surface area contributed by atoms with Crippen molar-refractivity contribution in [2.75, 3.05) is 10.6 Å². The average molecular weight is 438 g/mol. The molecule has 0 saturated carbocycles. The predicted octanol–water partition coefficient (Wildman–Crippen LogP) is 4.64. The molecule has 2 N–H and O–H groups in total. The maximum Gasteiger partial charge on any atom is 0.258 e. The fourth-order valence-electron chi connectivity index (χ4n) is 3.44. The molecule has 9 heteroatoms. The van der Waals surface area contributed by atoms with Gasteiger partial charge in [-0.1, -0.05) is 23.7 Å². The summed E-state index contributed by atoms with van der Waals surface area (Å²) in [6.45, 7) is 0. The van der Waals surface area contributed by atoms with Gasteiger partial charge in [0.1, 0.15) is 0 Å². The van der Waals surface area contributed by atoms with Crippen molar-refractivity contribution in [1.29, 1.82) is 0 Å². The summed E-state index contributed by atoms with van der Waals surface area (Å²) in [6, 6.07) is 12.7. The van der Waals surface area contributed by atoms with Crippen molar-refractivity contribution in [2.24, 2.45) is 0 Å². The quantitative estimate of drug-likeness (QED) is 0.488. The van der Waals surface area contributed by atoms with Crippen molar-refractivity contribution in [2.45, 2.75) is 19.3 Å². The van der Waals surface area contributed by atoms with Crippen LogP contribution < -0.4 is 10.6 Å². The Hall–Kier alpha value is -3.23. The fraction of sp³-hybridized carbons (Fsp3) is 0.143. The first-order valence-electron chi connectivity index (χ1n) is 9.41. The standard InChI is InChI=1S/C21H16ClN5O2S/c22-15-7-4-12(5-8-15)17-11-30-21-25-20(26-27(17)21)24-19(29)14-6-9-16-13(10-14)2-1-3-18(28)23-16/h4-11H,1-3H2,(H,23,28)(H,24,26,29). The number of nitrogens with one attached hydrogen (secondary N) is 2. The molecule has 0 unspecified atom stereocenters.